The van der Waals surface area contributed by atoms with E-state index in [0.29, 0.717) is 0 Å². The number of carbonyl (C=O) groups excluding carboxylic acids is 3. The molecule has 2 fully saturated rings. The van der Waals surface area contributed by atoms with Crippen LogP contribution in [0.3, 0.4) is 0 Å². The highest BCUT2D eigenvalue weighted by Gasteiger charge is 2.44. The standard InChI is InChI=1S/C10H13N3O6/c14-6(4-13-7(15)3-11-9(13)18)12-10(8(16)17)1-2-19-5-10/h1-5H2,(H,11,18)(H,12,14)(H,16,17). The third-order valence-electron chi connectivity index (χ3n) is 3.05. The van der Waals surface area contributed by atoms with Gasteiger partial charge in [0.25, 0.3) is 5.91 Å². The lowest BCUT2D eigenvalue weighted by atomic mass is 9.99. The number of nitrogens with zero attached hydrogens (tertiary/aromatic N) is 1. The minimum atomic E-state index is -1.48. The summed E-state index contributed by atoms with van der Waals surface area (Å²) in [6.07, 6.45) is 0.147. The van der Waals surface area contributed by atoms with Gasteiger partial charge < -0.3 is 20.5 Å². The molecule has 0 spiro atoms. The summed E-state index contributed by atoms with van der Waals surface area (Å²) in [6.45, 7) is -0.553. The first-order chi connectivity index (χ1) is 8.94. The molecule has 104 valence electrons. The highest BCUT2D eigenvalue weighted by Crippen LogP contribution is 2.19. The van der Waals surface area contributed by atoms with Crippen LogP contribution in [0.15, 0.2) is 0 Å². The van der Waals surface area contributed by atoms with E-state index in [9.17, 15) is 19.2 Å². The predicted molar refractivity (Wildman–Crippen MR) is 59.1 cm³/mol. The van der Waals surface area contributed by atoms with Crippen molar-refractivity contribution in [1.29, 1.82) is 0 Å². The second-order valence-electron chi connectivity index (χ2n) is 4.38. The predicted octanol–water partition coefficient (Wildman–Crippen LogP) is -2.10. The number of imide groups is 1. The van der Waals surface area contributed by atoms with Crippen LogP contribution in [0.2, 0.25) is 0 Å². The lowest BCUT2D eigenvalue weighted by Crippen LogP contribution is -2.57. The Morgan fingerprint density at radius 2 is 2.21 bits per heavy atom. The molecule has 2 saturated heterocycles. The van der Waals surface area contributed by atoms with Crippen LogP contribution in [0.4, 0.5) is 4.79 Å². The van der Waals surface area contributed by atoms with Gasteiger partial charge in [-0.1, -0.05) is 0 Å². The zero-order valence-corrected chi connectivity index (χ0v) is 9.97. The molecule has 2 aliphatic rings. The van der Waals surface area contributed by atoms with E-state index < -0.39 is 35.9 Å². The molecule has 1 unspecified atom stereocenters. The van der Waals surface area contributed by atoms with Crippen LogP contribution in [0.5, 0.6) is 0 Å². The van der Waals surface area contributed by atoms with Crippen molar-refractivity contribution in [2.24, 2.45) is 0 Å². The zero-order valence-electron chi connectivity index (χ0n) is 9.97. The number of carboxylic acids is 1. The Hall–Kier alpha value is -2.16. The van der Waals surface area contributed by atoms with Crippen molar-refractivity contribution in [2.45, 2.75) is 12.0 Å². The first-order valence-corrected chi connectivity index (χ1v) is 5.65. The van der Waals surface area contributed by atoms with Crippen molar-refractivity contribution in [3.63, 3.8) is 0 Å². The van der Waals surface area contributed by atoms with Gasteiger partial charge in [-0.3, -0.25) is 14.5 Å². The molecule has 19 heavy (non-hydrogen) atoms. The number of carboxylic acid groups (broad SMARTS) is 1. The van der Waals surface area contributed by atoms with Crippen LogP contribution in [-0.2, 0) is 19.1 Å². The molecule has 2 rings (SSSR count). The molecular weight excluding hydrogens is 258 g/mol. The lowest BCUT2D eigenvalue weighted by molar-refractivity contribution is -0.147. The fourth-order valence-corrected chi connectivity index (χ4v) is 1.95. The van der Waals surface area contributed by atoms with E-state index >= 15 is 0 Å². The largest absolute Gasteiger partial charge is 0.479 e. The maximum Gasteiger partial charge on any atom is 0.331 e. The Morgan fingerprint density at radius 1 is 1.47 bits per heavy atom. The average Bonchev–Trinajstić information content (AvgIpc) is 2.92. The van der Waals surface area contributed by atoms with Crippen molar-refractivity contribution in [1.82, 2.24) is 15.5 Å². The zero-order chi connectivity index (χ0) is 14.0. The van der Waals surface area contributed by atoms with Gasteiger partial charge in [0.15, 0.2) is 5.54 Å². The number of hydrogen-bond donors (Lipinski definition) is 3. The summed E-state index contributed by atoms with van der Waals surface area (Å²) < 4.78 is 4.98. The molecule has 2 aliphatic heterocycles. The number of hydrogen-bond acceptors (Lipinski definition) is 5. The van der Waals surface area contributed by atoms with Gasteiger partial charge in [0.05, 0.1) is 13.2 Å². The summed E-state index contributed by atoms with van der Waals surface area (Å²) in [5, 5.41) is 13.7. The SMILES string of the molecule is O=C(CN1C(=O)CNC1=O)NC1(C(=O)O)CCOC1. The molecule has 0 aliphatic carbocycles. The van der Waals surface area contributed by atoms with Gasteiger partial charge in [0.2, 0.25) is 5.91 Å². The summed E-state index contributed by atoms with van der Waals surface area (Å²) in [7, 11) is 0. The topological polar surface area (TPSA) is 125 Å². The van der Waals surface area contributed by atoms with Crippen LogP contribution < -0.4 is 10.6 Å². The van der Waals surface area contributed by atoms with Crippen LogP contribution >= 0.6 is 0 Å². The first kappa shape index (κ1) is 13.3. The number of urea groups is 1. The molecule has 3 N–H and O–H groups in total. The molecule has 0 saturated carbocycles. The van der Waals surface area contributed by atoms with Crippen molar-refractivity contribution in [2.75, 3.05) is 26.3 Å². The van der Waals surface area contributed by atoms with Gasteiger partial charge in [0, 0.05) is 13.0 Å². The van der Waals surface area contributed by atoms with Crippen molar-refractivity contribution < 1.29 is 29.0 Å². The van der Waals surface area contributed by atoms with E-state index in [0.717, 1.165) is 4.90 Å². The molecule has 0 aromatic rings. The second kappa shape index (κ2) is 4.84. The molecule has 0 aromatic heterocycles. The highest BCUT2D eigenvalue weighted by atomic mass is 16.5. The fraction of sp³-hybridized carbons (Fsp3) is 0.600. The Bertz CT molecular complexity index is 427. The third-order valence-corrected chi connectivity index (χ3v) is 3.05. The third kappa shape index (κ3) is 2.50. The van der Waals surface area contributed by atoms with Gasteiger partial charge in [-0.2, -0.15) is 0 Å². The minimum Gasteiger partial charge on any atom is -0.479 e. The molecular formula is C10H13N3O6. The van der Waals surface area contributed by atoms with Crippen LogP contribution in [0.1, 0.15) is 6.42 Å². The molecule has 0 aromatic carbocycles. The maximum absolute atomic E-state index is 11.8. The van der Waals surface area contributed by atoms with Gasteiger partial charge in [-0.25, -0.2) is 9.59 Å². The molecule has 0 radical (unpaired) electrons. The number of aliphatic carboxylic acids is 1. The molecule has 9 nitrogen and oxygen atoms in total. The number of nitrogens with one attached hydrogen (secondary N) is 2. The molecule has 0 bridgehead atoms. The van der Waals surface area contributed by atoms with E-state index in [1.165, 1.54) is 0 Å². The van der Waals surface area contributed by atoms with Crippen LogP contribution in [0.25, 0.3) is 0 Å². The van der Waals surface area contributed by atoms with Crippen molar-refractivity contribution >= 4 is 23.8 Å². The van der Waals surface area contributed by atoms with E-state index in [2.05, 4.69) is 10.6 Å². The van der Waals surface area contributed by atoms with Crippen LogP contribution in [-0.4, -0.2) is 65.7 Å². The monoisotopic (exact) mass is 271 g/mol. The Labute approximate surface area is 107 Å². The number of rotatable bonds is 4. The number of amides is 4. The molecule has 2 heterocycles. The van der Waals surface area contributed by atoms with Gasteiger partial charge in [0.1, 0.15) is 6.54 Å². The Morgan fingerprint density at radius 3 is 2.68 bits per heavy atom. The van der Waals surface area contributed by atoms with Crippen molar-refractivity contribution in [3.8, 4) is 0 Å². The molecule has 4 amide bonds. The summed E-state index contributed by atoms with van der Waals surface area (Å²) >= 11 is 0. The average molecular weight is 271 g/mol. The quantitative estimate of drug-likeness (QED) is 0.503. The Balaban J connectivity index is 1.99. The second-order valence-corrected chi connectivity index (χ2v) is 4.38. The summed E-state index contributed by atoms with van der Waals surface area (Å²) in [4.78, 5) is 46.2. The van der Waals surface area contributed by atoms with Gasteiger partial charge >= 0.3 is 12.0 Å². The van der Waals surface area contributed by atoms with Crippen LogP contribution in [0, 0.1) is 0 Å². The summed E-state index contributed by atoms with van der Waals surface area (Å²) in [6, 6.07) is -0.660. The Kier molecular flexibility index (Phi) is 3.38. The highest BCUT2D eigenvalue weighted by molar-refractivity contribution is 6.04. The first-order valence-electron chi connectivity index (χ1n) is 5.65. The normalized spacial score (nSPS) is 26.4. The van der Waals surface area contributed by atoms with E-state index in [1.54, 1.807) is 0 Å². The fourth-order valence-electron chi connectivity index (χ4n) is 1.95. The number of ether oxygens (including phenoxy) is 1. The summed E-state index contributed by atoms with van der Waals surface area (Å²) in [5.74, 6) is -2.43. The lowest BCUT2D eigenvalue weighted by Gasteiger charge is -2.24. The number of carbonyl (C=O) groups is 4. The smallest absolute Gasteiger partial charge is 0.331 e. The summed E-state index contributed by atoms with van der Waals surface area (Å²) in [5.41, 5.74) is -1.48. The molecule has 9 heteroatoms. The maximum atomic E-state index is 11.8. The van der Waals surface area contributed by atoms with Gasteiger partial charge in [-0.05, 0) is 0 Å². The molecule has 1 atom stereocenters. The van der Waals surface area contributed by atoms with Crippen molar-refractivity contribution in [3.05, 3.63) is 0 Å². The van der Waals surface area contributed by atoms with E-state index in [4.69, 9.17) is 9.84 Å². The van der Waals surface area contributed by atoms with E-state index in [-0.39, 0.29) is 26.2 Å². The minimum absolute atomic E-state index is 0.131. The van der Waals surface area contributed by atoms with Gasteiger partial charge in [-0.15, -0.1) is 0 Å². The van der Waals surface area contributed by atoms with E-state index in [1.807, 2.05) is 0 Å².